The SMILES string of the molecule is CCOC(=O)c1nc(Cl)c(Cl)s1. The first kappa shape index (κ1) is 9.77. The summed E-state index contributed by atoms with van der Waals surface area (Å²) < 4.78 is 4.99. The van der Waals surface area contributed by atoms with Crippen molar-refractivity contribution in [2.45, 2.75) is 6.92 Å². The lowest BCUT2D eigenvalue weighted by molar-refractivity contribution is 0.0526. The first-order valence-electron chi connectivity index (χ1n) is 3.14. The Hall–Kier alpha value is -0.320. The van der Waals surface area contributed by atoms with Gasteiger partial charge in [-0.25, -0.2) is 9.78 Å². The monoisotopic (exact) mass is 225 g/mol. The Labute approximate surface area is 83.3 Å². The molecule has 6 heteroatoms. The number of nitrogens with zero attached hydrogens (tertiary/aromatic N) is 1. The zero-order valence-corrected chi connectivity index (χ0v) is 8.46. The number of ether oxygens (including phenoxy) is 1. The van der Waals surface area contributed by atoms with Crippen LogP contribution in [0.1, 0.15) is 16.7 Å². The third kappa shape index (κ3) is 2.09. The lowest BCUT2D eigenvalue weighted by atomic mass is 10.7. The van der Waals surface area contributed by atoms with Gasteiger partial charge in [0.05, 0.1) is 6.61 Å². The number of carbonyl (C=O) groups is 1. The fourth-order valence-electron chi connectivity index (χ4n) is 0.563. The molecule has 3 nitrogen and oxygen atoms in total. The summed E-state index contributed by atoms with van der Waals surface area (Å²) in [6.07, 6.45) is 0. The first-order valence-corrected chi connectivity index (χ1v) is 4.71. The van der Waals surface area contributed by atoms with Crippen LogP contribution in [0.25, 0.3) is 0 Å². The smallest absolute Gasteiger partial charge is 0.367 e. The number of rotatable bonds is 2. The summed E-state index contributed by atoms with van der Waals surface area (Å²) in [6.45, 7) is 2.03. The highest BCUT2D eigenvalue weighted by atomic mass is 35.5. The molecule has 0 bridgehead atoms. The number of aromatic nitrogens is 1. The average molecular weight is 226 g/mol. The fraction of sp³-hybridized carbons (Fsp3) is 0.333. The molecule has 1 aromatic rings. The maximum Gasteiger partial charge on any atom is 0.367 e. The molecule has 0 saturated carbocycles. The second kappa shape index (κ2) is 4.07. The molecule has 12 heavy (non-hydrogen) atoms. The second-order valence-corrected chi connectivity index (χ2v) is 3.76. The predicted octanol–water partition coefficient (Wildman–Crippen LogP) is 2.63. The van der Waals surface area contributed by atoms with Gasteiger partial charge >= 0.3 is 5.97 Å². The van der Waals surface area contributed by atoms with Gasteiger partial charge < -0.3 is 4.74 Å². The van der Waals surface area contributed by atoms with Gasteiger partial charge in [-0.1, -0.05) is 34.5 Å². The fourth-order valence-corrected chi connectivity index (χ4v) is 1.65. The molecule has 1 heterocycles. The van der Waals surface area contributed by atoms with Crippen molar-refractivity contribution in [3.05, 3.63) is 14.5 Å². The van der Waals surface area contributed by atoms with Crippen LogP contribution in [0.3, 0.4) is 0 Å². The van der Waals surface area contributed by atoms with Gasteiger partial charge in [-0.05, 0) is 6.92 Å². The predicted molar refractivity (Wildman–Crippen MR) is 48.1 cm³/mol. The van der Waals surface area contributed by atoms with Crippen molar-refractivity contribution in [3.8, 4) is 0 Å². The molecular weight excluding hydrogens is 221 g/mol. The second-order valence-electron chi connectivity index (χ2n) is 1.80. The molecule has 1 aromatic heterocycles. The molecule has 0 unspecified atom stereocenters. The molecule has 66 valence electrons. The van der Waals surface area contributed by atoms with Gasteiger partial charge in [0.1, 0.15) is 4.34 Å². The minimum atomic E-state index is -0.490. The molecule has 0 spiro atoms. The van der Waals surface area contributed by atoms with Crippen molar-refractivity contribution in [1.29, 1.82) is 0 Å². The summed E-state index contributed by atoms with van der Waals surface area (Å²) in [5.41, 5.74) is 0. The van der Waals surface area contributed by atoms with Crippen LogP contribution in [0.2, 0.25) is 9.49 Å². The molecule has 0 amide bonds. The van der Waals surface area contributed by atoms with Gasteiger partial charge in [-0.2, -0.15) is 0 Å². The number of esters is 1. The summed E-state index contributed by atoms with van der Waals surface area (Å²) in [5.74, 6) is -0.490. The Kier molecular flexibility index (Phi) is 3.31. The Morgan fingerprint density at radius 2 is 2.33 bits per heavy atom. The van der Waals surface area contributed by atoms with Crippen molar-refractivity contribution in [1.82, 2.24) is 4.98 Å². The quantitative estimate of drug-likeness (QED) is 0.727. The lowest BCUT2D eigenvalue weighted by Gasteiger charge is -1.94. The van der Waals surface area contributed by atoms with Gasteiger partial charge in [0.25, 0.3) is 0 Å². The van der Waals surface area contributed by atoms with Crippen LogP contribution in [0, 0.1) is 0 Å². The van der Waals surface area contributed by atoms with E-state index < -0.39 is 5.97 Å². The van der Waals surface area contributed by atoms with Crippen molar-refractivity contribution < 1.29 is 9.53 Å². The van der Waals surface area contributed by atoms with Crippen LogP contribution in [-0.2, 0) is 4.74 Å². The van der Waals surface area contributed by atoms with Crippen molar-refractivity contribution in [3.63, 3.8) is 0 Å². The van der Waals surface area contributed by atoms with E-state index in [-0.39, 0.29) is 10.2 Å². The van der Waals surface area contributed by atoms with E-state index in [2.05, 4.69) is 9.72 Å². The minimum Gasteiger partial charge on any atom is -0.461 e. The highest BCUT2D eigenvalue weighted by Crippen LogP contribution is 2.28. The first-order chi connectivity index (χ1) is 5.65. The number of thiazole rings is 1. The summed E-state index contributed by atoms with van der Waals surface area (Å²) in [7, 11) is 0. The summed E-state index contributed by atoms with van der Waals surface area (Å²) in [5, 5.41) is 0.330. The van der Waals surface area contributed by atoms with Crippen LogP contribution in [0.5, 0.6) is 0 Å². The largest absolute Gasteiger partial charge is 0.461 e. The maximum absolute atomic E-state index is 11.0. The number of carbonyl (C=O) groups excluding carboxylic acids is 1. The van der Waals surface area contributed by atoms with Crippen molar-refractivity contribution in [2.75, 3.05) is 6.61 Å². The van der Waals surface area contributed by atoms with E-state index in [1.54, 1.807) is 6.92 Å². The van der Waals surface area contributed by atoms with Crippen LogP contribution in [-0.4, -0.2) is 17.6 Å². The minimum absolute atomic E-state index is 0.143. The van der Waals surface area contributed by atoms with Crippen LogP contribution in [0.4, 0.5) is 0 Å². The van der Waals surface area contributed by atoms with Crippen LogP contribution >= 0.6 is 34.5 Å². The molecule has 0 aromatic carbocycles. The molecule has 1 rings (SSSR count). The topological polar surface area (TPSA) is 39.2 Å². The van der Waals surface area contributed by atoms with Gasteiger partial charge in [-0.15, -0.1) is 0 Å². The normalized spacial score (nSPS) is 9.92. The number of hydrogen-bond acceptors (Lipinski definition) is 4. The number of hydrogen-bond donors (Lipinski definition) is 0. The Morgan fingerprint density at radius 3 is 2.75 bits per heavy atom. The zero-order valence-electron chi connectivity index (χ0n) is 6.13. The van der Waals surface area contributed by atoms with Gasteiger partial charge in [0.2, 0.25) is 5.01 Å². The maximum atomic E-state index is 11.0. The highest BCUT2D eigenvalue weighted by molar-refractivity contribution is 7.18. The van der Waals surface area contributed by atoms with Crippen molar-refractivity contribution in [2.24, 2.45) is 0 Å². The summed E-state index contributed by atoms with van der Waals surface area (Å²) in [4.78, 5) is 14.7. The van der Waals surface area contributed by atoms with Gasteiger partial charge in [-0.3, -0.25) is 0 Å². The van der Waals surface area contributed by atoms with Gasteiger partial charge in [0, 0.05) is 0 Å². The molecule has 0 aliphatic heterocycles. The van der Waals surface area contributed by atoms with Crippen molar-refractivity contribution >= 4 is 40.5 Å². The van der Waals surface area contributed by atoms with E-state index in [1.165, 1.54) is 0 Å². The average Bonchev–Trinajstić information content (AvgIpc) is 2.33. The molecule has 0 saturated heterocycles. The molecule has 0 radical (unpaired) electrons. The van der Waals surface area contributed by atoms with Crippen LogP contribution in [0.15, 0.2) is 0 Å². The van der Waals surface area contributed by atoms with E-state index in [4.69, 9.17) is 23.2 Å². The lowest BCUT2D eigenvalue weighted by Crippen LogP contribution is -2.03. The molecular formula is C6H5Cl2NO2S. The molecule has 0 aliphatic carbocycles. The highest BCUT2D eigenvalue weighted by Gasteiger charge is 2.14. The molecule has 0 aliphatic rings. The van der Waals surface area contributed by atoms with E-state index in [0.29, 0.717) is 10.9 Å². The summed E-state index contributed by atoms with van der Waals surface area (Å²) in [6, 6.07) is 0. The van der Waals surface area contributed by atoms with Gasteiger partial charge in [0.15, 0.2) is 5.15 Å². The van der Waals surface area contributed by atoms with E-state index >= 15 is 0 Å². The zero-order chi connectivity index (χ0) is 9.14. The Balaban J connectivity index is 2.82. The standard InChI is InChI=1S/C6H5Cl2NO2S/c1-2-11-6(10)5-9-3(7)4(8)12-5/h2H2,1H3. The Bertz CT molecular complexity index is 280. The van der Waals surface area contributed by atoms with E-state index in [1.807, 2.05) is 0 Å². The molecule has 0 atom stereocenters. The number of halogens is 2. The molecule has 0 fully saturated rings. The third-order valence-electron chi connectivity index (χ3n) is 0.998. The Morgan fingerprint density at radius 1 is 1.67 bits per heavy atom. The van der Waals surface area contributed by atoms with E-state index in [0.717, 1.165) is 11.3 Å². The van der Waals surface area contributed by atoms with Crippen LogP contribution < -0.4 is 0 Å². The van der Waals surface area contributed by atoms with E-state index in [9.17, 15) is 4.79 Å². The molecule has 0 N–H and O–H groups in total. The summed E-state index contributed by atoms with van der Waals surface area (Å²) >= 11 is 12.1. The third-order valence-corrected chi connectivity index (χ3v) is 2.71.